The van der Waals surface area contributed by atoms with Gasteiger partial charge in [-0.15, -0.1) is 0 Å². The van der Waals surface area contributed by atoms with E-state index in [9.17, 15) is 0 Å². The van der Waals surface area contributed by atoms with Crippen LogP contribution in [0.15, 0.2) is 18.2 Å². The molecule has 1 heterocycles. The average Bonchev–Trinajstić information content (AvgIpc) is 2.43. The van der Waals surface area contributed by atoms with E-state index in [0.29, 0.717) is 16.1 Å². The second kappa shape index (κ2) is 7.07. The fraction of sp³-hybridized carbons (Fsp3) is 0.571. The fourth-order valence-corrected chi connectivity index (χ4v) is 3.13. The molecule has 2 unspecified atom stereocenters. The molecule has 1 aliphatic rings. The van der Waals surface area contributed by atoms with Crippen molar-refractivity contribution >= 4 is 23.2 Å². The summed E-state index contributed by atoms with van der Waals surface area (Å²) < 4.78 is 0. The van der Waals surface area contributed by atoms with Crippen LogP contribution in [0.25, 0.3) is 0 Å². The maximum Gasteiger partial charge on any atom is 0.0624 e. The summed E-state index contributed by atoms with van der Waals surface area (Å²) >= 11 is 12.3. The molecule has 112 valence electrons. The standard InChI is InChI=1S/C14H22Cl2N4/c1-19-6-7-20(2)13(9-19)12(18-17)8-10-4-3-5-11(15)14(10)16/h3-5,12-13,18H,6-9,17H2,1-2H3. The van der Waals surface area contributed by atoms with Gasteiger partial charge in [0.25, 0.3) is 0 Å². The molecule has 0 bridgehead atoms. The second-order valence-electron chi connectivity index (χ2n) is 5.50. The quantitative estimate of drug-likeness (QED) is 0.654. The Kier molecular flexibility index (Phi) is 5.66. The normalized spacial score (nSPS) is 22.9. The summed E-state index contributed by atoms with van der Waals surface area (Å²) in [5.74, 6) is 5.78. The minimum Gasteiger partial charge on any atom is -0.303 e. The lowest BCUT2D eigenvalue weighted by molar-refractivity contribution is 0.0877. The van der Waals surface area contributed by atoms with Crippen LogP contribution in [-0.4, -0.2) is 55.6 Å². The van der Waals surface area contributed by atoms with E-state index in [0.717, 1.165) is 31.6 Å². The molecule has 20 heavy (non-hydrogen) atoms. The second-order valence-corrected chi connectivity index (χ2v) is 6.29. The Morgan fingerprint density at radius 2 is 2.10 bits per heavy atom. The topological polar surface area (TPSA) is 44.5 Å². The van der Waals surface area contributed by atoms with Gasteiger partial charge >= 0.3 is 0 Å². The number of rotatable bonds is 4. The number of nitrogens with one attached hydrogen (secondary N) is 1. The van der Waals surface area contributed by atoms with Crippen LogP contribution in [0.4, 0.5) is 0 Å². The van der Waals surface area contributed by atoms with Gasteiger partial charge in [0.15, 0.2) is 0 Å². The van der Waals surface area contributed by atoms with Crippen LogP contribution in [0, 0.1) is 0 Å². The number of hydrogen-bond donors (Lipinski definition) is 2. The largest absolute Gasteiger partial charge is 0.303 e. The van der Waals surface area contributed by atoms with Gasteiger partial charge in [0.2, 0.25) is 0 Å². The number of nitrogens with two attached hydrogens (primary N) is 1. The van der Waals surface area contributed by atoms with Gasteiger partial charge in [-0.2, -0.15) is 0 Å². The maximum absolute atomic E-state index is 6.27. The molecular formula is C14H22Cl2N4. The van der Waals surface area contributed by atoms with E-state index < -0.39 is 0 Å². The number of halogens is 2. The van der Waals surface area contributed by atoms with Crippen LogP contribution in [0.2, 0.25) is 10.0 Å². The van der Waals surface area contributed by atoms with Crippen LogP contribution in [-0.2, 0) is 6.42 Å². The zero-order chi connectivity index (χ0) is 14.7. The third-order valence-electron chi connectivity index (χ3n) is 4.05. The summed E-state index contributed by atoms with van der Waals surface area (Å²) in [6, 6.07) is 6.23. The molecule has 0 amide bonds. The Bertz CT molecular complexity index is 455. The first-order valence-corrected chi connectivity index (χ1v) is 7.56. The molecule has 0 aromatic heterocycles. The van der Waals surface area contributed by atoms with Gasteiger partial charge < -0.3 is 4.90 Å². The van der Waals surface area contributed by atoms with Crippen molar-refractivity contribution in [2.45, 2.75) is 18.5 Å². The summed E-state index contributed by atoms with van der Waals surface area (Å²) in [5.41, 5.74) is 3.98. The highest BCUT2D eigenvalue weighted by Crippen LogP contribution is 2.27. The zero-order valence-corrected chi connectivity index (χ0v) is 13.5. The molecule has 3 N–H and O–H groups in total. The van der Waals surface area contributed by atoms with Gasteiger partial charge in [0.1, 0.15) is 0 Å². The molecule has 0 saturated carbocycles. The SMILES string of the molecule is CN1CCN(C)C(C(Cc2cccc(Cl)c2Cl)NN)C1. The van der Waals surface area contributed by atoms with Crippen molar-refractivity contribution in [2.24, 2.45) is 5.84 Å². The number of piperazine rings is 1. The smallest absolute Gasteiger partial charge is 0.0624 e. The lowest BCUT2D eigenvalue weighted by Crippen LogP contribution is -2.60. The van der Waals surface area contributed by atoms with Crippen molar-refractivity contribution in [2.75, 3.05) is 33.7 Å². The highest BCUT2D eigenvalue weighted by Gasteiger charge is 2.29. The van der Waals surface area contributed by atoms with Crippen LogP contribution >= 0.6 is 23.2 Å². The predicted octanol–water partition coefficient (Wildman–Crippen LogP) is 1.61. The number of hydrogen-bond acceptors (Lipinski definition) is 4. The summed E-state index contributed by atoms with van der Waals surface area (Å²) in [5, 5.41) is 1.22. The third kappa shape index (κ3) is 3.64. The highest BCUT2D eigenvalue weighted by molar-refractivity contribution is 6.42. The van der Waals surface area contributed by atoms with Crippen molar-refractivity contribution in [3.8, 4) is 0 Å². The Labute approximate surface area is 130 Å². The average molecular weight is 317 g/mol. The van der Waals surface area contributed by atoms with Crippen molar-refractivity contribution in [1.82, 2.24) is 15.2 Å². The van der Waals surface area contributed by atoms with Gasteiger partial charge in [0, 0.05) is 31.7 Å². The first kappa shape index (κ1) is 16.0. The molecule has 1 aliphatic heterocycles. The van der Waals surface area contributed by atoms with Crippen molar-refractivity contribution in [1.29, 1.82) is 0 Å². The summed E-state index contributed by atoms with van der Waals surface area (Å²) in [4.78, 5) is 4.68. The van der Waals surface area contributed by atoms with E-state index in [1.54, 1.807) is 6.07 Å². The summed E-state index contributed by atoms with van der Waals surface area (Å²) in [6.07, 6.45) is 0.763. The Hall–Kier alpha value is -0.360. The van der Waals surface area contributed by atoms with E-state index in [2.05, 4.69) is 29.3 Å². The van der Waals surface area contributed by atoms with E-state index in [1.165, 1.54) is 0 Å². The summed E-state index contributed by atoms with van der Waals surface area (Å²) in [7, 11) is 4.28. The molecule has 4 nitrogen and oxygen atoms in total. The first-order valence-electron chi connectivity index (χ1n) is 6.80. The molecule has 0 radical (unpaired) electrons. The molecule has 0 aliphatic carbocycles. The molecule has 0 spiro atoms. The van der Waals surface area contributed by atoms with Crippen LogP contribution in [0.3, 0.4) is 0 Å². The molecule has 2 rings (SSSR count). The minimum absolute atomic E-state index is 0.138. The van der Waals surface area contributed by atoms with Crippen molar-refractivity contribution in [3.63, 3.8) is 0 Å². The van der Waals surface area contributed by atoms with Crippen LogP contribution < -0.4 is 11.3 Å². The van der Waals surface area contributed by atoms with Gasteiger partial charge in [-0.1, -0.05) is 35.3 Å². The lowest BCUT2D eigenvalue weighted by atomic mass is 9.97. The molecule has 1 saturated heterocycles. The van der Waals surface area contributed by atoms with Gasteiger partial charge in [0.05, 0.1) is 10.0 Å². The molecule has 1 fully saturated rings. The predicted molar refractivity (Wildman–Crippen MR) is 85.2 cm³/mol. The molecular weight excluding hydrogens is 295 g/mol. The van der Waals surface area contributed by atoms with Crippen LogP contribution in [0.5, 0.6) is 0 Å². The third-order valence-corrected chi connectivity index (χ3v) is 4.91. The van der Waals surface area contributed by atoms with E-state index in [4.69, 9.17) is 29.0 Å². The van der Waals surface area contributed by atoms with E-state index >= 15 is 0 Å². The minimum atomic E-state index is 0.138. The lowest BCUT2D eigenvalue weighted by Gasteiger charge is -2.41. The molecule has 2 atom stereocenters. The zero-order valence-electron chi connectivity index (χ0n) is 11.9. The molecule has 6 heteroatoms. The Balaban J connectivity index is 2.14. The summed E-state index contributed by atoms with van der Waals surface area (Å²) in [6.45, 7) is 3.12. The number of likely N-dealkylation sites (N-methyl/N-ethyl adjacent to an activating group) is 2. The number of benzene rings is 1. The van der Waals surface area contributed by atoms with Crippen molar-refractivity contribution < 1.29 is 0 Å². The highest BCUT2D eigenvalue weighted by atomic mass is 35.5. The number of nitrogens with zero attached hydrogens (tertiary/aromatic N) is 2. The van der Waals surface area contributed by atoms with Crippen LogP contribution in [0.1, 0.15) is 5.56 Å². The van der Waals surface area contributed by atoms with Crippen molar-refractivity contribution in [3.05, 3.63) is 33.8 Å². The van der Waals surface area contributed by atoms with Gasteiger partial charge in [-0.25, -0.2) is 0 Å². The maximum atomic E-state index is 6.27. The molecule has 1 aromatic carbocycles. The first-order chi connectivity index (χ1) is 9.52. The van der Waals surface area contributed by atoms with E-state index in [-0.39, 0.29) is 6.04 Å². The Morgan fingerprint density at radius 1 is 1.35 bits per heavy atom. The monoisotopic (exact) mass is 316 g/mol. The van der Waals surface area contributed by atoms with Gasteiger partial charge in [-0.05, 0) is 32.1 Å². The Morgan fingerprint density at radius 3 is 2.80 bits per heavy atom. The number of hydrazine groups is 1. The molecule has 1 aromatic rings. The van der Waals surface area contributed by atoms with Gasteiger partial charge in [-0.3, -0.25) is 16.2 Å². The fourth-order valence-electron chi connectivity index (χ4n) is 2.73. The van der Waals surface area contributed by atoms with E-state index in [1.807, 2.05) is 12.1 Å².